The van der Waals surface area contributed by atoms with Crippen LogP contribution in [0.3, 0.4) is 0 Å². The Hall–Kier alpha value is -1.35. The second-order valence-electron chi connectivity index (χ2n) is 5.71. The zero-order chi connectivity index (χ0) is 14.4. The maximum atomic E-state index is 12.2. The molecule has 2 unspecified atom stereocenters. The summed E-state index contributed by atoms with van der Waals surface area (Å²) in [6.07, 6.45) is 0.855. The molecule has 1 rings (SSSR count). The molecular formula is C16H26N2O. The number of hydrogen-bond donors (Lipinski definition) is 1. The lowest BCUT2D eigenvalue weighted by atomic mass is 10.0. The minimum absolute atomic E-state index is 0.120. The van der Waals surface area contributed by atoms with Crippen LogP contribution in [-0.4, -0.2) is 30.9 Å². The summed E-state index contributed by atoms with van der Waals surface area (Å²) in [5, 5.41) is 3.45. The van der Waals surface area contributed by atoms with Crippen LogP contribution >= 0.6 is 0 Å². The molecule has 0 spiro atoms. The molecule has 0 heterocycles. The van der Waals surface area contributed by atoms with Gasteiger partial charge >= 0.3 is 0 Å². The van der Waals surface area contributed by atoms with E-state index in [1.165, 1.54) is 5.56 Å². The van der Waals surface area contributed by atoms with Crippen LogP contribution in [0.4, 0.5) is 0 Å². The Morgan fingerprint density at radius 2 is 1.74 bits per heavy atom. The van der Waals surface area contributed by atoms with Gasteiger partial charge < -0.3 is 4.90 Å². The van der Waals surface area contributed by atoms with Crippen molar-refractivity contribution in [1.29, 1.82) is 0 Å². The van der Waals surface area contributed by atoms with Crippen molar-refractivity contribution in [2.24, 2.45) is 5.92 Å². The normalized spacial score (nSPS) is 14.2. The molecule has 3 heteroatoms. The van der Waals surface area contributed by atoms with Gasteiger partial charge in [0.1, 0.15) is 0 Å². The van der Waals surface area contributed by atoms with E-state index in [1.807, 2.05) is 32.3 Å². The molecule has 0 aliphatic rings. The number of amides is 1. The number of nitrogens with zero attached hydrogens (tertiary/aromatic N) is 1. The lowest BCUT2D eigenvalue weighted by Crippen LogP contribution is -2.45. The molecule has 1 N–H and O–H groups in total. The van der Waals surface area contributed by atoms with Gasteiger partial charge in [0.25, 0.3) is 0 Å². The highest BCUT2D eigenvalue weighted by molar-refractivity contribution is 5.81. The van der Waals surface area contributed by atoms with E-state index in [9.17, 15) is 4.79 Å². The van der Waals surface area contributed by atoms with Crippen LogP contribution in [0.5, 0.6) is 0 Å². The van der Waals surface area contributed by atoms with Gasteiger partial charge in [-0.3, -0.25) is 10.1 Å². The first-order valence-corrected chi connectivity index (χ1v) is 6.94. The number of benzene rings is 1. The van der Waals surface area contributed by atoms with E-state index in [-0.39, 0.29) is 18.0 Å². The number of carbonyl (C=O) groups is 1. The number of likely N-dealkylation sites (N-methyl/N-ethyl adjacent to an activating group) is 1. The SMILES string of the molecule is CC(C)CC(NC(C)c1ccccc1)C(=O)N(C)C. The largest absolute Gasteiger partial charge is 0.347 e. The molecule has 0 saturated heterocycles. The predicted octanol–water partition coefficient (Wildman–Crippen LogP) is 2.84. The molecule has 0 aromatic heterocycles. The molecule has 0 aliphatic carbocycles. The second-order valence-corrected chi connectivity index (χ2v) is 5.71. The van der Waals surface area contributed by atoms with E-state index >= 15 is 0 Å². The summed E-state index contributed by atoms with van der Waals surface area (Å²) in [6, 6.07) is 10.3. The zero-order valence-corrected chi connectivity index (χ0v) is 12.7. The van der Waals surface area contributed by atoms with Crippen LogP contribution in [0.2, 0.25) is 0 Å². The summed E-state index contributed by atoms with van der Waals surface area (Å²) in [5.41, 5.74) is 1.21. The fourth-order valence-electron chi connectivity index (χ4n) is 2.16. The lowest BCUT2D eigenvalue weighted by molar-refractivity contribution is -0.131. The quantitative estimate of drug-likeness (QED) is 0.855. The average Bonchev–Trinajstić information content (AvgIpc) is 2.37. The Labute approximate surface area is 117 Å². The van der Waals surface area contributed by atoms with Gasteiger partial charge in [0.15, 0.2) is 0 Å². The maximum Gasteiger partial charge on any atom is 0.239 e. The van der Waals surface area contributed by atoms with Crippen LogP contribution in [0.1, 0.15) is 38.8 Å². The first kappa shape index (κ1) is 15.7. The molecule has 1 aromatic rings. The number of hydrogen-bond acceptors (Lipinski definition) is 2. The molecule has 0 bridgehead atoms. The fraction of sp³-hybridized carbons (Fsp3) is 0.562. The summed E-state index contributed by atoms with van der Waals surface area (Å²) in [5.74, 6) is 0.640. The Morgan fingerprint density at radius 3 is 2.21 bits per heavy atom. The van der Waals surface area contributed by atoms with Gasteiger partial charge in [-0.25, -0.2) is 0 Å². The van der Waals surface area contributed by atoms with Crippen LogP contribution in [-0.2, 0) is 4.79 Å². The monoisotopic (exact) mass is 262 g/mol. The van der Waals surface area contributed by atoms with Gasteiger partial charge in [-0.2, -0.15) is 0 Å². The van der Waals surface area contributed by atoms with Gasteiger partial charge in [-0.15, -0.1) is 0 Å². The zero-order valence-electron chi connectivity index (χ0n) is 12.7. The third-order valence-corrected chi connectivity index (χ3v) is 3.20. The molecular weight excluding hydrogens is 236 g/mol. The summed E-state index contributed by atoms with van der Waals surface area (Å²) >= 11 is 0. The van der Waals surface area contributed by atoms with E-state index in [4.69, 9.17) is 0 Å². The summed E-state index contributed by atoms with van der Waals surface area (Å²) in [4.78, 5) is 13.9. The molecule has 0 saturated carbocycles. The molecule has 19 heavy (non-hydrogen) atoms. The highest BCUT2D eigenvalue weighted by Gasteiger charge is 2.23. The van der Waals surface area contributed by atoms with Gasteiger partial charge in [0.05, 0.1) is 6.04 Å². The Morgan fingerprint density at radius 1 is 1.16 bits per heavy atom. The highest BCUT2D eigenvalue weighted by Crippen LogP contribution is 2.15. The number of rotatable bonds is 6. The molecule has 1 amide bonds. The third kappa shape index (κ3) is 5.03. The van der Waals surface area contributed by atoms with Gasteiger partial charge in [0.2, 0.25) is 5.91 Å². The van der Waals surface area contributed by atoms with Crippen molar-refractivity contribution in [1.82, 2.24) is 10.2 Å². The van der Waals surface area contributed by atoms with Crippen molar-refractivity contribution in [2.45, 2.75) is 39.3 Å². The minimum Gasteiger partial charge on any atom is -0.347 e. The molecule has 2 atom stereocenters. The molecule has 1 aromatic carbocycles. The Balaban J connectivity index is 2.74. The fourth-order valence-corrected chi connectivity index (χ4v) is 2.16. The highest BCUT2D eigenvalue weighted by atomic mass is 16.2. The lowest BCUT2D eigenvalue weighted by Gasteiger charge is -2.26. The van der Waals surface area contributed by atoms with Crippen molar-refractivity contribution >= 4 is 5.91 Å². The van der Waals surface area contributed by atoms with Crippen LogP contribution < -0.4 is 5.32 Å². The van der Waals surface area contributed by atoms with E-state index < -0.39 is 0 Å². The number of carbonyl (C=O) groups excluding carboxylic acids is 1. The predicted molar refractivity (Wildman–Crippen MR) is 79.9 cm³/mol. The van der Waals surface area contributed by atoms with Crippen molar-refractivity contribution in [2.75, 3.05) is 14.1 Å². The van der Waals surface area contributed by atoms with Crippen molar-refractivity contribution in [3.8, 4) is 0 Å². The van der Waals surface area contributed by atoms with Crippen molar-refractivity contribution in [3.05, 3.63) is 35.9 Å². The summed E-state index contributed by atoms with van der Waals surface area (Å²) in [6.45, 7) is 6.39. The van der Waals surface area contributed by atoms with E-state index in [0.29, 0.717) is 5.92 Å². The van der Waals surface area contributed by atoms with E-state index in [0.717, 1.165) is 6.42 Å². The standard InChI is InChI=1S/C16H26N2O/c1-12(2)11-15(16(19)18(4)5)17-13(3)14-9-7-6-8-10-14/h6-10,12-13,15,17H,11H2,1-5H3. The summed E-state index contributed by atoms with van der Waals surface area (Å²) in [7, 11) is 3.62. The molecule has 106 valence electrons. The van der Waals surface area contributed by atoms with Crippen LogP contribution in [0, 0.1) is 5.92 Å². The van der Waals surface area contributed by atoms with Crippen LogP contribution in [0.25, 0.3) is 0 Å². The first-order valence-electron chi connectivity index (χ1n) is 6.94. The van der Waals surface area contributed by atoms with Gasteiger partial charge in [0, 0.05) is 20.1 Å². The maximum absolute atomic E-state index is 12.2. The van der Waals surface area contributed by atoms with Crippen LogP contribution in [0.15, 0.2) is 30.3 Å². The van der Waals surface area contributed by atoms with Crippen molar-refractivity contribution < 1.29 is 4.79 Å². The Bertz CT molecular complexity index is 387. The molecule has 0 fully saturated rings. The van der Waals surface area contributed by atoms with Gasteiger partial charge in [-0.05, 0) is 24.8 Å². The summed E-state index contributed by atoms with van der Waals surface area (Å²) < 4.78 is 0. The van der Waals surface area contributed by atoms with Gasteiger partial charge in [-0.1, -0.05) is 44.2 Å². The third-order valence-electron chi connectivity index (χ3n) is 3.20. The van der Waals surface area contributed by atoms with E-state index in [1.54, 1.807) is 4.90 Å². The topological polar surface area (TPSA) is 32.3 Å². The van der Waals surface area contributed by atoms with E-state index in [2.05, 4.69) is 38.2 Å². The van der Waals surface area contributed by atoms with Crippen molar-refractivity contribution in [3.63, 3.8) is 0 Å². The smallest absolute Gasteiger partial charge is 0.239 e. The molecule has 3 nitrogen and oxygen atoms in total. The minimum atomic E-state index is -0.120. The molecule has 0 aliphatic heterocycles. The number of nitrogens with one attached hydrogen (secondary N) is 1. The second kappa shape index (κ2) is 7.29. The average molecular weight is 262 g/mol. The first-order chi connectivity index (χ1) is 8.91. The molecule has 0 radical (unpaired) electrons. The Kier molecular flexibility index (Phi) is 6.03.